The molecule has 2 aromatic carbocycles. The Bertz CT molecular complexity index is 661. The van der Waals surface area contributed by atoms with Gasteiger partial charge < -0.3 is 4.74 Å². The molecule has 0 aromatic heterocycles. The molecule has 0 fully saturated rings. The lowest BCUT2D eigenvalue weighted by atomic mass is 10.2. The maximum atomic E-state index is 13.4. The second-order valence-corrected chi connectivity index (χ2v) is 5.15. The summed E-state index contributed by atoms with van der Waals surface area (Å²) < 4.78 is 19.4. The van der Waals surface area contributed by atoms with Crippen LogP contribution >= 0.6 is 15.9 Å². The molecular weight excluding hydrogens is 329 g/mol. The predicted octanol–water partition coefficient (Wildman–Crippen LogP) is 4.38. The molecule has 6 heteroatoms. The van der Waals surface area contributed by atoms with Gasteiger partial charge in [-0.2, -0.15) is 0 Å². The van der Waals surface area contributed by atoms with Crippen LogP contribution in [-0.4, -0.2) is 4.92 Å². The van der Waals surface area contributed by atoms with Gasteiger partial charge in [-0.1, -0.05) is 22.0 Å². The number of nitro benzene ring substituents is 1. The molecule has 0 saturated heterocycles. The van der Waals surface area contributed by atoms with Crippen LogP contribution in [-0.2, 0) is 6.61 Å². The Hall–Kier alpha value is -1.95. The van der Waals surface area contributed by atoms with Gasteiger partial charge in [0.1, 0.15) is 18.2 Å². The molecule has 0 heterocycles. The van der Waals surface area contributed by atoms with Gasteiger partial charge in [0.05, 0.1) is 10.5 Å². The Morgan fingerprint density at radius 3 is 2.70 bits per heavy atom. The SMILES string of the molecule is Cc1ccc(OCc2ccc(Br)cc2[N+](=O)[O-])cc1F. The summed E-state index contributed by atoms with van der Waals surface area (Å²) in [6.45, 7) is 1.66. The van der Waals surface area contributed by atoms with Crippen molar-refractivity contribution in [2.75, 3.05) is 0 Å². The maximum Gasteiger partial charge on any atom is 0.277 e. The van der Waals surface area contributed by atoms with Crippen molar-refractivity contribution in [1.82, 2.24) is 0 Å². The molecule has 4 nitrogen and oxygen atoms in total. The molecule has 0 aliphatic carbocycles. The number of halogens is 2. The summed E-state index contributed by atoms with van der Waals surface area (Å²) in [5, 5.41) is 11.0. The van der Waals surface area contributed by atoms with Gasteiger partial charge in [-0.25, -0.2) is 4.39 Å². The van der Waals surface area contributed by atoms with Crippen LogP contribution < -0.4 is 4.74 Å². The van der Waals surface area contributed by atoms with Crippen LogP contribution in [0.15, 0.2) is 40.9 Å². The first-order chi connectivity index (χ1) is 9.47. The van der Waals surface area contributed by atoms with E-state index >= 15 is 0 Å². The number of benzene rings is 2. The van der Waals surface area contributed by atoms with Crippen LogP contribution in [0.2, 0.25) is 0 Å². The van der Waals surface area contributed by atoms with Crippen molar-refractivity contribution in [3.63, 3.8) is 0 Å². The van der Waals surface area contributed by atoms with Gasteiger partial charge in [-0.15, -0.1) is 0 Å². The highest BCUT2D eigenvalue weighted by molar-refractivity contribution is 9.10. The van der Waals surface area contributed by atoms with E-state index in [-0.39, 0.29) is 18.1 Å². The highest BCUT2D eigenvalue weighted by Gasteiger charge is 2.14. The van der Waals surface area contributed by atoms with Crippen LogP contribution in [0.3, 0.4) is 0 Å². The first-order valence-corrected chi connectivity index (χ1v) is 6.58. The van der Waals surface area contributed by atoms with Crippen molar-refractivity contribution < 1.29 is 14.1 Å². The largest absolute Gasteiger partial charge is 0.489 e. The number of rotatable bonds is 4. The number of nitrogens with zero attached hydrogens (tertiary/aromatic N) is 1. The monoisotopic (exact) mass is 339 g/mol. The standard InChI is InChI=1S/C14H11BrFNO3/c1-9-2-5-12(7-13(9)16)20-8-10-3-4-11(15)6-14(10)17(18)19/h2-7H,8H2,1H3. The molecule has 0 N–H and O–H groups in total. The minimum absolute atomic E-state index is 0.00605. The molecule has 0 bridgehead atoms. The van der Waals surface area contributed by atoms with Crippen LogP contribution in [0.4, 0.5) is 10.1 Å². The van der Waals surface area contributed by atoms with Crippen molar-refractivity contribution in [2.24, 2.45) is 0 Å². The Labute approximate surface area is 123 Å². The summed E-state index contributed by atoms with van der Waals surface area (Å²) in [5.41, 5.74) is 0.915. The fraction of sp³-hybridized carbons (Fsp3) is 0.143. The Morgan fingerprint density at radius 1 is 1.30 bits per heavy atom. The van der Waals surface area contributed by atoms with Crippen molar-refractivity contribution in [3.8, 4) is 5.75 Å². The van der Waals surface area contributed by atoms with E-state index in [1.807, 2.05) is 0 Å². The van der Waals surface area contributed by atoms with Crippen molar-refractivity contribution in [3.05, 3.63) is 67.9 Å². The minimum atomic E-state index is -0.473. The first kappa shape index (κ1) is 14.5. The number of ether oxygens (including phenoxy) is 1. The van der Waals surface area contributed by atoms with Crippen LogP contribution in [0.5, 0.6) is 5.75 Å². The van der Waals surface area contributed by atoms with Crippen molar-refractivity contribution in [2.45, 2.75) is 13.5 Å². The summed E-state index contributed by atoms with van der Waals surface area (Å²) in [6, 6.07) is 9.20. The van der Waals surface area contributed by atoms with E-state index in [4.69, 9.17) is 4.74 Å². The summed E-state index contributed by atoms with van der Waals surface area (Å²) >= 11 is 3.18. The number of nitro groups is 1. The highest BCUT2D eigenvalue weighted by atomic mass is 79.9. The molecule has 2 rings (SSSR count). The van der Waals surface area contributed by atoms with E-state index < -0.39 is 4.92 Å². The second kappa shape index (κ2) is 6.00. The lowest BCUT2D eigenvalue weighted by molar-refractivity contribution is -0.385. The lowest BCUT2D eigenvalue weighted by Crippen LogP contribution is -2.01. The number of hydrogen-bond donors (Lipinski definition) is 0. The molecule has 20 heavy (non-hydrogen) atoms. The molecule has 0 amide bonds. The molecule has 0 spiro atoms. The molecule has 0 aliphatic heterocycles. The fourth-order valence-electron chi connectivity index (χ4n) is 1.65. The van der Waals surface area contributed by atoms with Gasteiger partial charge in [-0.3, -0.25) is 10.1 Å². The zero-order valence-corrected chi connectivity index (χ0v) is 12.2. The molecule has 2 aromatic rings. The average Bonchev–Trinajstić information content (AvgIpc) is 2.41. The maximum absolute atomic E-state index is 13.4. The van der Waals surface area contributed by atoms with Crippen LogP contribution in [0.1, 0.15) is 11.1 Å². The summed E-state index contributed by atoms with van der Waals surface area (Å²) in [6.07, 6.45) is 0. The minimum Gasteiger partial charge on any atom is -0.489 e. The van der Waals surface area contributed by atoms with Gasteiger partial charge in [0.2, 0.25) is 0 Å². The van der Waals surface area contributed by atoms with E-state index in [0.717, 1.165) is 0 Å². The summed E-state index contributed by atoms with van der Waals surface area (Å²) in [7, 11) is 0. The van der Waals surface area contributed by atoms with Gasteiger partial charge in [-0.05, 0) is 30.7 Å². The Kier molecular flexibility index (Phi) is 4.34. The Balaban J connectivity index is 2.18. The first-order valence-electron chi connectivity index (χ1n) is 5.79. The van der Waals surface area contributed by atoms with E-state index in [9.17, 15) is 14.5 Å². The van der Waals surface area contributed by atoms with Gasteiger partial charge in [0.25, 0.3) is 5.69 Å². The molecular formula is C14H11BrFNO3. The van der Waals surface area contributed by atoms with Crippen molar-refractivity contribution in [1.29, 1.82) is 0 Å². The molecule has 0 aliphatic rings. The molecule has 0 unspecified atom stereocenters. The molecule has 0 atom stereocenters. The topological polar surface area (TPSA) is 52.4 Å². The van der Waals surface area contributed by atoms with Gasteiger partial charge >= 0.3 is 0 Å². The third-order valence-electron chi connectivity index (χ3n) is 2.78. The lowest BCUT2D eigenvalue weighted by Gasteiger charge is -2.08. The number of aryl methyl sites for hydroxylation is 1. The van der Waals surface area contributed by atoms with E-state index in [1.165, 1.54) is 12.1 Å². The van der Waals surface area contributed by atoms with Crippen molar-refractivity contribution >= 4 is 21.6 Å². The molecule has 0 saturated carbocycles. The second-order valence-electron chi connectivity index (χ2n) is 4.23. The van der Waals surface area contributed by atoms with E-state index in [0.29, 0.717) is 21.3 Å². The summed E-state index contributed by atoms with van der Waals surface area (Å²) in [5.74, 6) is -0.0295. The van der Waals surface area contributed by atoms with E-state index in [1.54, 1.807) is 31.2 Å². The Morgan fingerprint density at radius 2 is 2.05 bits per heavy atom. The van der Waals surface area contributed by atoms with Gasteiger partial charge in [0, 0.05) is 16.6 Å². The third kappa shape index (κ3) is 3.33. The summed E-state index contributed by atoms with van der Waals surface area (Å²) in [4.78, 5) is 10.5. The zero-order valence-electron chi connectivity index (χ0n) is 10.6. The fourth-order valence-corrected chi connectivity index (χ4v) is 2.00. The van der Waals surface area contributed by atoms with Gasteiger partial charge in [0.15, 0.2) is 0 Å². The quantitative estimate of drug-likeness (QED) is 0.613. The third-order valence-corrected chi connectivity index (χ3v) is 3.27. The predicted molar refractivity (Wildman–Crippen MR) is 76.3 cm³/mol. The number of hydrogen-bond acceptors (Lipinski definition) is 3. The van der Waals surface area contributed by atoms with Crippen LogP contribution in [0.25, 0.3) is 0 Å². The molecule has 104 valence electrons. The normalized spacial score (nSPS) is 10.3. The van der Waals surface area contributed by atoms with E-state index in [2.05, 4.69) is 15.9 Å². The smallest absolute Gasteiger partial charge is 0.277 e. The highest BCUT2D eigenvalue weighted by Crippen LogP contribution is 2.25. The average molecular weight is 340 g/mol. The molecule has 0 radical (unpaired) electrons. The zero-order chi connectivity index (χ0) is 14.7. The van der Waals surface area contributed by atoms with Crippen LogP contribution in [0, 0.1) is 22.9 Å².